The Morgan fingerprint density at radius 3 is 2.60 bits per heavy atom. The van der Waals surface area contributed by atoms with E-state index >= 15 is 0 Å². The van der Waals surface area contributed by atoms with E-state index in [2.05, 4.69) is 0 Å². The van der Waals surface area contributed by atoms with Gasteiger partial charge in [-0.2, -0.15) is 0 Å². The van der Waals surface area contributed by atoms with Gasteiger partial charge in [-0.3, -0.25) is 0 Å². The molecule has 1 aliphatic heterocycles. The number of hydrogen-bond acceptors (Lipinski definition) is 5. The Labute approximate surface area is 120 Å². The highest BCUT2D eigenvalue weighted by atomic mass is 16.5. The first-order chi connectivity index (χ1) is 9.51. The summed E-state index contributed by atoms with van der Waals surface area (Å²) < 4.78 is 5.06. The number of ether oxygens (including phenoxy) is 1. The second-order valence-electron chi connectivity index (χ2n) is 5.51. The van der Waals surface area contributed by atoms with Crippen molar-refractivity contribution in [1.29, 1.82) is 0 Å². The van der Waals surface area contributed by atoms with Crippen LogP contribution in [0.25, 0.3) is 0 Å². The molecule has 5 nitrogen and oxygen atoms in total. The van der Waals surface area contributed by atoms with Crippen LogP contribution in [-0.2, 0) is 9.53 Å². The van der Waals surface area contributed by atoms with Crippen LogP contribution < -0.4 is 0 Å². The molecule has 4 atom stereocenters. The second kappa shape index (κ2) is 9.10. The predicted octanol–water partition coefficient (Wildman–Crippen LogP) is 1.30. The van der Waals surface area contributed by atoms with Crippen molar-refractivity contribution in [2.24, 2.45) is 0 Å². The summed E-state index contributed by atoms with van der Waals surface area (Å²) in [5.74, 6) is -0.385. The predicted molar refractivity (Wildman–Crippen MR) is 75.0 cm³/mol. The molecule has 0 unspecified atom stereocenters. The number of carbonyl (C=O) groups excluding carboxylic acids is 1. The third-order valence-corrected chi connectivity index (χ3v) is 3.45. The van der Waals surface area contributed by atoms with Crippen LogP contribution in [0, 0.1) is 0 Å². The Balaban J connectivity index is 2.22. The number of unbranched alkanes of at least 4 members (excludes halogenated alkanes) is 1. The highest BCUT2D eigenvalue weighted by molar-refractivity contribution is 5.82. The van der Waals surface area contributed by atoms with E-state index in [-0.39, 0.29) is 24.9 Å². The van der Waals surface area contributed by atoms with E-state index in [9.17, 15) is 20.1 Å². The topological polar surface area (TPSA) is 87.0 Å². The lowest BCUT2D eigenvalue weighted by Gasteiger charge is -2.23. The van der Waals surface area contributed by atoms with Crippen molar-refractivity contribution < 1.29 is 24.9 Å². The quantitative estimate of drug-likeness (QED) is 0.556. The number of cyclic esters (lactones) is 1. The summed E-state index contributed by atoms with van der Waals surface area (Å²) in [4.78, 5) is 11.0. The third kappa shape index (κ3) is 7.03. The van der Waals surface area contributed by atoms with Gasteiger partial charge in [0.25, 0.3) is 0 Å². The first-order valence-corrected chi connectivity index (χ1v) is 7.42. The molecule has 0 aliphatic carbocycles. The van der Waals surface area contributed by atoms with Gasteiger partial charge in [0.15, 0.2) is 0 Å². The number of hydrogen-bond donors (Lipinski definition) is 3. The molecule has 0 spiro atoms. The van der Waals surface area contributed by atoms with Crippen molar-refractivity contribution in [1.82, 2.24) is 0 Å². The number of aliphatic hydroxyl groups is 3. The molecule has 0 amide bonds. The largest absolute Gasteiger partial charge is 0.459 e. The van der Waals surface area contributed by atoms with Gasteiger partial charge in [0.05, 0.1) is 18.3 Å². The molecule has 0 saturated carbocycles. The fourth-order valence-electron chi connectivity index (χ4n) is 2.39. The maximum atomic E-state index is 11.0. The van der Waals surface area contributed by atoms with Crippen molar-refractivity contribution in [3.63, 3.8) is 0 Å². The first-order valence-electron chi connectivity index (χ1n) is 7.42. The van der Waals surface area contributed by atoms with E-state index in [0.29, 0.717) is 19.3 Å². The van der Waals surface area contributed by atoms with Gasteiger partial charge in [-0.1, -0.05) is 25.8 Å². The van der Waals surface area contributed by atoms with E-state index in [0.717, 1.165) is 12.8 Å². The van der Waals surface area contributed by atoms with Crippen molar-refractivity contribution >= 4 is 5.97 Å². The minimum atomic E-state index is -0.730. The SMILES string of the molecule is CCCC[C@H](O)C[C@H](O)C[C@@H](O)C[C@@H]1CC=CC(=O)O1. The van der Waals surface area contributed by atoms with Gasteiger partial charge in [-0.15, -0.1) is 0 Å². The summed E-state index contributed by atoms with van der Waals surface area (Å²) in [6, 6.07) is 0. The normalized spacial score (nSPS) is 23.2. The summed E-state index contributed by atoms with van der Waals surface area (Å²) in [6.07, 6.45) is 4.81. The van der Waals surface area contributed by atoms with Crippen LogP contribution in [0.3, 0.4) is 0 Å². The van der Waals surface area contributed by atoms with Gasteiger partial charge in [0, 0.05) is 18.9 Å². The fraction of sp³-hybridized carbons (Fsp3) is 0.800. The summed E-state index contributed by atoms with van der Waals surface area (Å²) in [7, 11) is 0. The maximum absolute atomic E-state index is 11.0. The molecule has 20 heavy (non-hydrogen) atoms. The average molecular weight is 286 g/mol. The number of esters is 1. The van der Waals surface area contributed by atoms with Crippen LogP contribution in [-0.4, -0.2) is 45.7 Å². The lowest BCUT2D eigenvalue weighted by molar-refractivity contribution is -0.145. The van der Waals surface area contributed by atoms with Crippen LogP contribution >= 0.6 is 0 Å². The number of carbonyl (C=O) groups is 1. The molecule has 0 fully saturated rings. The highest BCUT2D eigenvalue weighted by Gasteiger charge is 2.22. The summed E-state index contributed by atoms with van der Waals surface area (Å²) >= 11 is 0. The molecule has 1 rings (SSSR count). The third-order valence-electron chi connectivity index (χ3n) is 3.45. The molecule has 0 aromatic carbocycles. The molecule has 0 bridgehead atoms. The van der Waals surface area contributed by atoms with Gasteiger partial charge < -0.3 is 20.1 Å². The minimum Gasteiger partial charge on any atom is -0.459 e. The minimum absolute atomic E-state index is 0.195. The van der Waals surface area contributed by atoms with E-state index in [1.807, 2.05) is 6.92 Å². The van der Waals surface area contributed by atoms with E-state index < -0.39 is 18.3 Å². The maximum Gasteiger partial charge on any atom is 0.330 e. The van der Waals surface area contributed by atoms with E-state index in [1.54, 1.807) is 6.08 Å². The zero-order chi connectivity index (χ0) is 15.0. The molecular formula is C15H26O5. The Hall–Kier alpha value is -0.910. The summed E-state index contributed by atoms with van der Waals surface area (Å²) in [5, 5.41) is 29.4. The van der Waals surface area contributed by atoms with Crippen LogP contribution in [0.15, 0.2) is 12.2 Å². The molecule has 3 N–H and O–H groups in total. The standard InChI is InChI=1S/C15H26O5/c1-2-3-5-11(16)8-12(17)9-13(18)10-14-6-4-7-15(19)20-14/h4,7,11-14,16-18H,2-3,5-6,8-10H2,1H3/t11-,12-,13+,14-/m0/s1. The van der Waals surface area contributed by atoms with Crippen molar-refractivity contribution in [3.05, 3.63) is 12.2 Å². The number of aliphatic hydroxyl groups excluding tert-OH is 3. The molecule has 0 saturated heterocycles. The Morgan fingerprint density at radius 2 is 1.95 bits per heavy atom. The van der Waals surface area contributed by atoms with E-state index in [1.165, 1.54) is 6.08 Å². The smallest absolute Gasteiger partial charge is 0.330 e. The lowest BCUT2D eigenvalue weighted by atomic mass is 9.98. The zero-order valence-electron chi connectivity index (χ0n) is 12.1. The van der Waals surface area contributed by atoms with Gasteiger partial charge in [-0.25, -0.2) is 4.79 Å². The Kier molecular flexibility index (Phi) is 7.80. The van der Waals surface area contributed by atoms with Crippen molar-refractivity contribution in [3.8, 4) is 0 Å². The van der Waals surface area contributed by atoms with Crippen molar-refractivity contribution in [2.75, 3.05) is 0 Å². The lowest BCUT2D eigenvalue weighted by Crippen LogP contribution is -2.28. The Bertz CT molecular complexity index is 315. The number of rotatable bonds is 9. The molecule has 0 aromatic heterocycles. The van der Waals surface area contributed by atoms with Crippen LogP contribution in [0.2, 0.25) is 0 Å². The summed E-state index contributed by atoms with van der Waals surface area (Å²) in [5.41, 5.74) is 0. The second-order valence-corrected chi connectivity index (χ2v) is 5.51. The molecule has 1 heterocycles. The van der Waals surface area contributed by atoms with Gasteiger partial charge in [-0.05, 0) is 19.3 Å². The fourth-order valence-corrected chi connectivity index (χ4v) is 2.39. The molecule has 116 valence electrons. The van der Waals surface area contributed by atoms with E-state index in [4.69, 9.17) is 4.74 Å². The Morgan fingerprint density at radius 1 is 1.25 bits per heavy atom. The zero-order valence-corrected chi connectivity index (χ0v) is 12.1. The molecule has 1 aliphatic rings. The van der Waals surface area contributed by atoms with Gasteiger partial charge >= 0.3 is 5.97 Å². The average Bonchev–Trinajstić information content (AvgIpc) is 2.35. The molecule has 5 heteroatoms. The summed E-state index contributed by atoms with van der Waals surface area (Å²) in [6.45, 7) is 2.05. The van der Waals surface area contributed by atoms with Crippen LogP contribution in [0.5, 0.6) is 0 Å². The molecular weight excluding hydrogens is 260 g/mol. The van der Waals surface area contributed by atoms with Crippen LogP contribution in [0.4, 0.5) is 0 Å². The van der Waals surface area contributed by atoms with Crippen molar-refractivity contribution in [2.45, 2.75) is 76.3 Å². The van der Waals surface area contributed by atoms with Crippen LogP contribution in [0.1, 0.15) is 51.9 Å². The molecule has 0 radical (unpaired) electrons. The molecule has 0 aromatic rings. The highest BCUT2D eigenvalue weighted by Crippen LogP contribution is 2.17. The van der Waals surface area contributed by atoms with Gasteiger partial charge in [0.2, 0.25) is 0 Å². The van der Waals surface area contributed by atoms with Gasteiger partial charge in [0.1, 0.15) is 6.10 Å². The monoisotopic (exact) mass is 286 g/mol. The first kappa shape index (κ1) is 17.1.